The first-order chi connectivity index (χ1) is 15.1. The van der Waals surface area contributed by atoms with Gasteiger partial charge in [-0.05, 0) is 42.9 Å². The third kappa shape index (κ3) is 4.69. The molecule has 0 aliphatic carbocycles. The molecule has 166 valence electrons. The molecule has 0 aromatic heterocycles. The minimum absolute atomic E-state index is 0.189. The summed E-state index contributed by atoms with van der Waals surface area (Å²) in [5.41, 5.74) is 1.79. The highest BCUT2D eigenvalue weighted by molar-refractivity contribution is 5.77. The molecule has 1 amide bonds. The molecule has 2 aliphatic heterocycles. The highest BCUT2D eigenvalue weighted by Crippen LogP contribution is 2.35. The van der Waals surface area contributed by atoms with E-state index in [-0.39, 0.29) is 17.8 Å². The van der Waals surface area contributed by atoms with Gasteiger partial charge in [0.2, 0.25) is 5.91 Å². The van der Waals surface area contributed by atoms with Crippen LogP contribution in [0.1, 0.15) is 30.4 Å². The van der Waals surface area contributed by atoms with Crippen LogP contribution in [0.15, 0.2) is 42.5 Å². The number of para-hydroxylation sites is 1. The summed E-state index contributed by atoms with van der Waals surface area (Å²) in [5, 5.41) is 0. The van der Waals surface area contributed by atoms with Gasteiger partial charge in [-0.2, -0.15) is 0 Å². The largest absolute Gasteiger partial charge is 0.493 e. The SMILES string of the molecule is COc1cccc(CN2CC[C@H]3[C@H](CCC(=O)N3CCc3ccccc3F)C2)c1OC. The fourth-order valence-electron chi connectivity index (χ4n) is 5.12. The minimum atomic E-state index is -0.189. The van der Waals surface area contributed by atoms with Gasteiger partial charge in [-0.3, -0.25) is 9.69 Å². The van der Waals surface area contributed by atoms with Gasteiger partial charge in [0.25, 0.3) is 0 Å². The van der Waals surface area contributed by atoms with Crippen molar-refractivity contribution in [1.82, 2.24) is 9.80 Å². The second kappa shape index (κ2) is 9.69. The van der Waals surface area contributed by atoms with Crippen LogP contribution in [-0.4, -0.2) is 55.6 Å². The van der Waals surface area contributed by atoms with Crippen LogP contribution in [0.3, 0.4) is 0 Å². The van der Waals surface area contributed by atoms with E-state index in [1.807, 2.05) is 29.2 Å². The van der Waals surface area contributed by atoms with Crippen LogP contribution in [0.5, 0.6) is 11.5 Å². The van der Waals surface area contributed by atoms with Gasteiger partial charge in [0, 0.05) is 44.2 Å². The van der Waals surface area contributed by atoms with Crippen molar-refractivity contribution in [3.05, 3.63) is 59.4 Å². The normalized spacial score (nSPS) is 21.6. The molecule has 0 N–H and O–H groups in total. The average Bonchev–Trinajstić information content (AvgIpc) is 2.79. The summed E-state index contributed by atoms with van der Waals surface area (Å²) < 4.78 is 25.0. The summed E-state index contributed by atoms with van der Waals surface area (Å²) in [6.07, 6.45) is 3.01. The van der Waals surface area contributed by atoms with Crippen molar-refractivity contribution in [3.63, 3.8) is 0 Å². The molecule has 6 heteroatoms. The number of rotatable bonds is 7. The number of carbonyl (C=O) groups is 1. The Hall–Kier alpha value is -2.60. The lowest BCUT2D eigenvalue weighted by molar-refractivity contribution is -0.141. The first kappa shape index (κ1) is 21.6. The van der Waals surface area contributed by atoms with Crippen molar-refractivity contribution in [2.75, 3.05) is 33.9 Å². The van der Waals surface area contributed by atoms with Crippen LogP contribution in [-0.2, 0) is 17.8 Å². The molecule has 0 spiro atoms. The fourth-order valence-corrected chi connectivity index (χ4v) is 5.12. The Bertz CT molecular complexity index is 919. The molecule has 2 aromatic rings. The number of likely N-dealkylation sites (tertiary alicyclic amines) is 2. The van der Waals surface area contributed by atoms with Crippen LogP contribution in [0.25, 0.3) is 0 Å². The Morgan fingerprint density at radius 2 is 1.84 bits per heavy atom. The lowest BCUT2D eigenvalue weighted by atomic mass is 9.83. The maximum Gasteiger partial charge on any atom is 0.222 e. The van der Waals surface area contributed by atoms with Crippen molar-refractivity contribution >= 4 is 5.91 Å². The number of halogens is 1. The highest BCUT2D eigenvalue weighted by atomic mass is 19.1. The smallest absolute Gasteiger partial charge is 0.222 e. The number of piperidine rings is 2. The number of amides is 1. The first-order valence-electron chi connectivity index (χ1n) is 11.1. The maximum atomic E-state index is 14.0. The predicted molar refractivity (Wildman–Crippen MR) is 118 cm³/mol. The van der Waals surface area contributed by atoms with Gasteiger partial charge >= 0.3 is 0 Å². The zero-order chi connectivity index (χ0) is 21.8. The molecule has 31 heavy (non-hydrogen) atoms. The highest BCUT2D eigenvalue weighted by Gasteiger charge is 2.39. The van der Waals surface area contributed by atoms with Crippen molar-refractivity contribution in [1.29, 1.82) is 0 Å². The standard InChI is InChI=1S/C25H31FN2O3/c1-30-23-9-5-7-20(25(23)31-2)17-27-14-13-22-19(16-27)10-11-24(29)28(22)15-12-18-6-3-4-8-21(18)26/h3-9,19,22H,10-17H2,1-2H3/t19-,22+/m1/s1. The Morgan fingerprint density at radius 3 is 2.61 bits per heavy atom. The molecule has 0 saturated carbocycles. The summed E-state index contributed by atoms with van der Waals surface area (Å²) >= 11 is 0. The number of methoxy groups -OCH3 is 2. The molecule has 0 radical (unpaired) electrons. The van der Waals surface area contributed by atoms with E-state index in [0.717, 1.165) is 49.5 Å². The first-order valence-corrected chi connectivity index (χ1v) is 11.1. The monoisotopic (exact) mass is 426 g/mol. The summed E-state index contributed by atoms with van der Waals surface area (Å²) in [4.78, 5) is 17.1. The second-order valence-electron chi connectivity index (χ2n) is 8.47. The lowest BCUT2D eigenvalue weighted by Gasteiger charge is -2.47. The van der Waals surface area contributed by atoms with Crippen LogP contribution in [0.2, 0.25) is 0 Å². The average molecular weight is 427 g/mol. The van der Waals surface area contributed by atoms with E-state index >= 15 is 0 Å². The zero-order valence-corrected chi connectivity index (χ0v) is 18.4. The molecular formula is C25H31FN2O3. The topological polar surface area (TPSA) is 42.0 Å². The Morgan fingerprint density at radius 1 is 1.03 bits per heavy atom. The van der Waals surface area contributed by atoms with E-state index in [1.54, 1.807) is 20.3 Å². The lowest BCUT2D eigenvalue weighted by Crippen LogP contribution is -2.56. The Balaban J connectivity index is 1.41. The van der Waals surface area contributed by atoms with E-state index in [1.165, 1.54) is 6.07 Å². The van der Waals surface area contributed by atoms with Crippen LogP contribution < -0.4 is 9.47 Å². The Labute approximate surface area is 183 Å². The Kier molecular flexibility index (Phi) is 6.76. The third-order valence-electron chi connectivity index (χ3n) is 6.69. The van der Waals surface area contributed by atoms with Crippen LogP contribution >= 0.6 is 0 Å². The zero-order valence-electron chi connectivity index (χ0n) is 18.4. The molecule has 5 nitrogen and oxygen atoms in total. The van der Waals surface area contributed by atoms with E-state index in [2.05, 4.69) is 11.0 Å². The summed E-state index contributed by atoms with van der Waals surface area (Å²) in [6, 6.07) is 13.1. The maximum absolute atomic E-state index is 14.0. The molecule has 2 heterocycles. The molecule has 0 unspecified atom stereocenters. The summed E-state index contributed by atoms with van der Waals surface area (Å²) in [5.74, 6) is 2.00. The van der Waals surface area contributed by atoms with E-state index in [9.17, 15) is 9.18 Å². The number of hydrogen-bond acceptors (Lipinski definition) is 4. The van der Waals surface area contributed by atoms with Crippen molar-refractivity contribution in [2.24, 2.45) is 5.92 Å². The second-order valence-corrected chi connectivity index (χ2v) is 8.47. The number of benzene rings is 2. The molecule has 2 fully saturated rings. The number of hydrogen-bond donors (Lipinski definition) is 0. The van der Waals surface area contributed by atoms with Gasteiger partial charge in [-0.15, -0.1) is 0 Å². The van der Waals surface area contributed by atoms with E-state index < -0.39 is 0 Å². The quantitative estimate of drug-likeness (QED) is 0.674. The molecule has 0 bridgehead atoms. The number of ether oxygens (including phenoxy) is 2. The minimum Gasteiger partial charge on any atom is -0.493 e. The molecule has 2 atom stereocenters. The molecule has 2 saturated heterocycles. The number of fused-ring (bicyclic) bond motifs is 1. The van der Waals surface area contributed by atoms with Gasteiger partial charge in [-0.1, -0.05) is 30.3 Å². The number of carbonyl (C=O) groups excluding carboxylic acids is 1. The van der Waals surface area contributed by atoms with E-state index in [0.29, 0.717) is 30.9 Å². The van der Waals surface area contributed by atoms with Gasteiger partial charge in [0.15, 0.2) is 11.5 Å². The van der Waals surface area contributed by atoms with Gasteiger partial charge in [0.05, 0.1) is 14.2 Å². The van der Waals surface area contributed by atoms with Gasteiger partial charge in [-0.25, -0.2) is 4.39 Å². The fraction of sp³-hybridized carbons (Fsp3) is 0.480. The third-order valence-corrected chi connectivity index (χ3v) is 6.69. The van der Waals surface area contributed by atoms with E-state index in [4.69, 9.17) is 9.47 Å². The predicted octanol–water partition coefficient (Wildman–Crippen LogP) is 3.90. The molecule has 2 aliphatic rings. The molecule has 2 aromatic carbocycles. The van der Waals surface area contributed by atoms with Crippen molar-refractivity contribution in [3.8, 4) is 11.5 Å². The molecule has 4 rings (SSSR count). The van der Waals surface area contributed by atoms with Crippen molar-refractivity contribution < 1.29 is 18.7 Å². The van der Waals surface area contributed by atoms with Crippen LogP contribution in [0.4, 0.5) is 4.39 Å². The molecular weight excluding hydrogens is 395 g/mol. The summed E-state index contributed by atoms with van der Waals surface area (Å²) in [6.45, 7) is 3.26. The summed E-state index contributed by atoms with van der Waals surface area (Å²) in [7, 11) is 3.33. The van der Waals surface area contributed by atoms with Gasteiger partial charge in [0.1, 0.15) is 5.82 Å². The van der Waals surface area contributed by atoms with Crippen LogP contribution in [0, 0.1) is 11.7 Å². The number of nitrogens with zero attached hydrogens (tertiary/aromatic N) is 2. The van der Waals surface area contributed by atoms with Gasteiger partial charge < -0.3 is 14.4 Å². The van der Waals surface area contributed by atoms with Crippen molar-refractivity contribution in [2.45, 2.75) is 38.3 Å².